The van der Waals surface area contributed by atoms with E-state index < -0.39 is 11.6 Å². The number of amides is 2. The predicted octanol–water partition coefficient (Wildman–Crippen LogP) is 1.17. The second kappa shape index (κ2) is 10.0. The first-order valence-electron chi connectivity index (χ1n) is 14.0. The Bertz CT molecular complexity index is 1030. The van der Waals surface area contributed by atoms with Gasteiger partial charge in [-0.3, -0.25) is 19.3 Å². The van der Waals surface area contributed by atoms with Crippen molar-refractivity contribution in [3.8, 4) is 0 Å². The molecule has 0 radical (unpaired) electrons. The summed E-state index contributed by atoms with van der Waals surface area (Å²) in [5, 5.41) is 6.31. The number of hydrogen-bond donors (Lipinski definition) is 2. The summed E-state index contributed by atoms with van der Waals surface area (Å²) in [6.07, 6.45) is 6.66. The van der Waals surface area contributed by atoms with Gasteiger partial charge >= 0.3 is 0 Å². The van der Waals surface area contributed by atoms with E-state index in [1.54, 1.807) is 4.90 Å². The Kier molecular flexibility index (Phi) is 6.71. The summed E-state index contributed by atoms with van der Waals surface area (Å²) >= 11 is 0. The molecule has 2 N–H and O–H groups in total. The minimum Gasteiger partial charge on any atom is -0.369 e. The average Bonchev–Trinajstić information content (AvgIpc) is 3.61. The van der Waals surface area contributed by atoms with Crippen LogP contribution in [0.25, 0.3) is 0 Å². The third-order valence-corrected chi connectivity index (χ3v) is 9.44. The number of carbonyl (C=O) groups is 3. The molecule has 3 aliphatic heterocycles. The number of benzene rings is 1. The van der Waals surface area contributed by atoms with Crippen molar-refractivity contribution in [3.05, 3.63) is 29.8 Å². The molecule has 1 aromatic carbocycles. The molecule has 0 spiro atoms. The summed E-state index contributed by atoms with van der Waals surface area (Å²) in [6.45, 7) is 4.66. The van der Waals surface area contributed by atoms with Crippen molar-refractivity contribution in [2.45, 2.75) is 74.7 Å². The highest BCUT2D eigenvalue weighted by Gasteiger charge is 2.56. The molecule has 37 heavy (non-hydrogen) atoms. The van der Waals surface area contributed by atoms with E-state index >= 15 is 0 Å². The summed E-state index contributed by atoms with van der Waals surface area (Å²) in [4.78, 5) is 46.5. The molecule has 9 heteroatoms. The van der Waals surface area contributed by atoms with Crippen LogP contribution in [-0.4, -0.2) is 104 Å². The van der Waals surface area contributed by atoms with Crippen molar-refractivity contribution >= 4 is 23.3 Å². The van der Waals surface area contributed by atoms with E-state index in [-0.39, 0.29) is 36.4 Å². The molecule has 3 heterocycles. The topological polar surface area (TPSA) is 94.2 Å². The normalized spacial score (nSPS) is 29.9. The van der Waals surface area contributed by atoms with Crippen LogP contribution in [0.15, 0.2) is 24.3 Å². The smallest absolute Gasteiger partial charge is 0.252 e. The van der Waals surface area contributed by atoms with Gasteiger partial charge in [0.2, 0.25) is 5.91 Å². The summed E-state index contributed by atoms with van der Waals surface area (Å²) in [5.41, 5.74) is 0.727. The number of piperazine rings is 1. The summed E-state index contributed by atoms with van der Waals surface area (Å²) in [5.74, 6) is -0.433. The molecule has 2 saturated carbocycles. The second-order valence-corrected chi connectivity index (χ2v) is 11.4. The lowest BCUT2D eigenvalue weighted by Crippen LogP contribution is -2.60. The van der Waals surface area contributed by atoms with E-state index in [2.05, 4.69) is 20.4 Å². The zero-order valence-electron chi connectivity index (χ0n) is 21.8. The monoisotopic (exact) mass is 509 g/mol. The van der Waals surface area contributed by atoms with E-state index in [1.165, 1.54) is 19.3 Å². The van der Waals surface area contributed by atoms with Crippen LogP contribution in [0.3, 0.4) is 0 Å². The Labute approximate surface area is 218 Å². The van der Waals surface area contributed by atoms with Gasteiger partial charge in [0.15, 0.2) is 5.78 Å². The zero-order valence-corrected chi connectivity index (χ0v) is 21.8. The Hall–Kier alpha value is -2.49. The maximum absolute atomic E-state index is 13.9. The van der Waals surface area contributed by atoms with Gasteiger partial charge in [-0.05, 0) is 57.0 Å². The fourth-order valence-corrected chi connectivity index (χ4v) is 6.98. The van der Waals surface area contributed by atoms with Crippen molar-refractivity contribution < 1.29 is 19.1 Å². The lowest BCUT2D eigenvalue weighted by Gasteiger charge is -2.43. The summed E-state index contributed by atoms with van der Waals surface area (Å²) in [7, 11) is 1.83. The fraction of sp³-hybridized carbons (Fsp3) is 0.679. The predicted molar refractivity (Wildman–Crippen MR) is 140 cm³/mol. The molecular weight excluding hydrogens is 470 g/mol. The molecule has 0 aromatic heterocycles. The van der Waals surface area contributed by atoms with Gasteiger partial charge < -0.3 is 25.2 Å². The SMILES string of the molecule is CN[C@H]1CN(C(=O)C2(NC(=O)c3ccc(N4CCN(C5CCC5)CC4)cc3)CCCC2)[C@@H]2C(=O)CO[C@H]12. The Morgan fingerprint density at radius 1 is 1.00 bits per heavy atom. The van der Waals surface area contributed by atoms with E-state index in [0.717, 1.165) is 50.7 Å². The molecule has 0 unspecified atom stereocenters. The fourth-order valence-electron chi connectivity index (χ4n) is 6.98. The van der Waals surface area contributed by atoms with Crippen LogP contribution in [0.1, 0.15) is 55.3 Å². The van der Waals surface area contributed by atoms with Gasteiger partial charge in [-0.25, -0.2) is 0 Å². The molecule has 9 nitrogen and oxygen atoms in total. The number of nitrogens with zero attached hydrogens (tertiary/aromatic N) is 3. The van der Waals surface area contributed by atoms with Gasteiger partial charge in [0.05, 0.1) is 6.04 Å². The summed E-state index contributed by atoms with van der Waals surface area (Å²) in [6, 6.07) is 7.91. The van der Waals surface area contributed by atoms with Crippen molar-refractivity contribution in [2.75, 3.05) is 51.3 Å². The number of rotatable bonds is 6. The van der Waals surface area contributed by atoms with Crippen molar-refractivity contribution in [2.24, 2.45) is 0 Å². The van der Waals surface area contributed by atoms with Crippen LogP contribution in [0.5, 0.6) is 0 Å². The number of fused-ring (bicyclic) bond motifs is 1. The van der Waals surface area contributed by atoms with Gasteiger partial charge in [-0.1, -0.05) is 19.3 Å². The number of ether oxygens (including phenoxy) is 1. The molecule has 5 fully saturated rings. The molecule has 0 bridgehead atoms. The number of nitrogens with one attached hydrogen (secondary N) is 2. The van der Waals surface area contributed by atoms with Crippen molar-refractivity contribution in [1.29, 1.82) is 0 Å². The molecule has 1 aromatic rings. The molecule has 3 saturated heterocycles. The minimum atomic E-state index is -0.969. The summed E-state index contributed by atoms with van der Waals surface area (Å²) < 4.78 is 5.71. The van der Waals surface area contributed by atoms with E-state index in [4.69, 9.17) is 4.74 Å². The van der Waals surface area contributed by atoms with Gasteiger partial charge in [0.1, 0.15) is 24.3 Å². The third kappa shape index (κ3) is 4.45. The zero-order chi connectivity index (χ0) is 25.6. The van der Waals surface area contributed by atoms with Crippen LogP contribution >= 0.6 is 0 Å². The Morgan fingerprint density at radius 3 is 2.32 bits per heavy atom. The lowest BCUT2D eigenvalue weighted by molar-refractivity contribution is -0.142. The van der Waals surface area contributed by atoms with Crippen LogP contribution in [0.2, 0.25) is 0 Å². The molecule has 3 atom stereocenters. The highest BCUT2D eigenvalue weighted by Crippen LogP contribution is 2.36. The van der Waals surface area contributed by atoms with Gasteiger partial charge in [0.25, 0.3) is 5.91 Å². The first-order valence-corrected chi connectivity index (χ1v) is 14.0. The molecule has 5 aliphatic rings. The molecular formula is C28H39N5O4. The van der Waals surface area contributed by atoms with Gasteiger partial charge in [-0.15, -0.1) is 0 Å². The maximum Gasteiger partial charge on any atom is 0.252 e. The molecule has 2 amide bonds. The van der Waals surface area contributed by atoms with Gasteiger partial charge in [-0.2, -0.15) is 0 Å². The first-order chi connectivity index (χ1) is 18.0. The standard InChI is InChI=1S/C28H39N5O4/c1-29-22-17-33(24-23(34)18-37-25(22)24)27(36)28(11-2-3-12-28)30-26(35)19-7-9-21(10-8-19)32-15-13-31(14-16-32)20-5-4-6-20/h7-10,20,22,24-25,29H,2-6,11-18H2,1H3,(H,30,35)/t22-,24+,25+/m0/s1. The quantitative estimate of drug-likeness (QED) is 0.595. The van der Waals surface area contributed by atoms with Crippen LogP contribution in [-0.2, 0) is 14.3 Å². The van der Waals surface area contributed by atoms with E-state index in [9.17, 15) is 14.4 Å². The van der Waals surface area contributed by atoms with Crippen molar-refractivity contribution in [3.63, 3.8) is 0 Å². The number of likely N-dealkylation sites (N-methyl/N-ethyl adjacent to an activating group) is 1. The lowest BCUT2D eigenvalue weighted by atomic mass is 9.91. The first kappa shape index (κ1) is 24.8. The number of ketones is 1. The van der Waals surface area contributed by atoms with E-state index in [1.807, 2.05) is 31.3 Å². The largest absolute Gasteiger partial charge is 0.369 e. The number of hydrogen-bond acceptors (Lipinski definition) is 7. The highest BCUT2D eigenvalue weighted by atomic mass is 16.5. The average molecular weight is 510 g/mol. The number of likely N-dealkylation sites (tertiary alicyclic amines) is 1. The molecule has 2 aliphatic carbocycles. The van der Waals surface area contributed by atoms with Crippen LogP contribution < -0.4 is 15.5 Å². The molecule has 200 valence electrons. The van der Waals surface area contributed by atoms with Crippen molar-refractivity contribution in [1.82, 2.24) is 20.4 Å². The number of anilines is 1. The van der Waals surface area contributed by atoms with Crippen LogP contribution in [0.4, 0.5) is 5.69 Å². The maximum atomic E-state index is 13.9. The number of Topliss-reactive ketones (excluding diaryl/α,β-unsaturated/α-hetero) is 1. The Balaban J connectivity index is 1.12. The van der Waals surface area contributed by atoms with E-state index in [0.29, 0.717) is 24.9 Å². The minimum absolute atomic E-state index is 0.0403. The van der Waals surface area contributed by atoms with Crippen LogP contribution in [0, 0.1) is 0 Å². The third-order valence-electron chi connectivity index (χ3n) is 9.44. The number of carbonyl (C=O) groups excluding carboxylic acids is 3. The highest BCUT2D eigenvalue weighted by molar-refractivity contribution is 6.01. The second-order valence-electron chi connectivity index (χ2n) is 11.4. The Morgan fingerprint density at radius 2 is 1.70 bits per heavy atom. The van der Waals surface area contributed by atoms with Gasteiger partial charge in [0, 0.05) is 50.0 Å². The molecule has 6 rings (SSSR count).